The SMILES string of the molecule is O=C(O)C1CCC(F)CC1N=NC1C(O)C2C(CC(S(=O)(=O)[O-])CC2NC2NC(O)NC(NC3CCCC(S(=O)(=O)[O-])C3)N2)CC1S(=O)(=O)[O-].[Li+].[Li+].[Li+]. The van der Waals surface area contributed by atoms with Crippen LogP contribution in [0.15, 0.2) is 10.2 Å². The summed E-state index contributed by atoms with van der Waals surface area (Å²) in [5.41, 5.74) is 0. The van der Waals surface area contributed by atoms with Crippen LogP contribution in [0, 0.1) is 17.8 Å². The number of aliphatic hydroxyl groups is 2. The van der Waals surface area contributed by atoms with Crippen LogP contribution in [-0.2, 0) is 35.1 Å². The summed E-state index contributed by atoms with van der Waals surface area (Å²) in [5.74, 6) is -4.44. The fraction of sp³-hybridized carbons (Fsp3) is 0.962. The number of aliphatic hydroxyl groups excluding tert-OH is 2. The molecule has 1 saturated heterocycles. The number of carboxylic acid groups (broad SMARTS) is 1. The van der Waals surface area contributed by atoms with Crippen molar-refractivity contribution >= 4 is 36.3 Å². The molecule has 0 amide bonds. The van der Waals surface area contributed by atoms with Crippen LogP contribution in [0.4, 0.5) is 4.39 Å². The molecule has 27 heteroatoms. The Labute approximate surface area is 344 Å². The van der Waals surface area contributed by atoms with E-state index in [0.29, 0.717) is 12.8 Å². The van der Waals surface area contributed by atoms with E-state index in [4.69, 9.17) is 0 Å². The van der Waals surface area contributed by atoms with Crippen molar-refractivity contribution in [2.45, 2.75) is 135 Å². The minimum atomic E-state index is -5.23. The predicted molar refractivity (Wildman–Crippen MR) is 165 cm³/mol. The first-order valence-electron chi connectivity index (χ1n) is 16.5. The molecule has 0 aromatic carbocycles. The second kappa shape index (κ2) is 19.8. The third-order valence-electron chi connectivity index (χ3n) is 10.7. The van der Waals surface area contributed by atoms with Gasteiger partial charge < -0.3 is 29.0 Å². The van der Waals surface area contributed by atoms with Crippen molar-refractivity contribution in [2.75, 3.05) is 0 Å². The number of alkyl halides is 1. The number of fused-ring (bicyclic) bond motifs is 1. The summed E-state index contributed by atoms with van der Waals surface area (Å²) in [4.78, 5) is 11.8. The summed E-state index contributed by atoms with van der Waals surface area (Å²) in [6.07, 6.45) is -7.00. The standard InChI is InChI=1S/C26H46FN7O13S3.3Li/c27-12-4-5-16(23(36)37)17(8-12)33-34-21-19(50(45,46)47)7-11-6-15(49(42,43)44)10-18(20(11)22(21)35)29-25-30-24(31-26(38)32-25)28-13-2-1-3-14(9-13)48(39,40)41;;;/h11-22,24-26,28-32,35,38H,1-10H2,(H,36,37)(H,39,40,41)(H,42,43,44)(H,45,46,47);;;/q;3*+1/p-3. The van der Waals surface area contributed by atoms with Gasteiger partial charge in [0.2, 0.25) is 0 Å². The number of halogens is 1. The maximum Gasteiger partial charge on any atom is 1.00 e. The van der Waals surface area contributed by atoms with Gasteiger partial charge in [0, 0.05) is 24.4 Å². The summed E-state index contributed by atoms with van der Waals surface area (Å²) in [7, 11) is -14.7. The van der Waals surface area contributed by atoms with E-state index in [0.717, 1.165) is 0 Å². The zero-order chi connectivity index (χ0) is 36.8. The number of hydrogen-bond donors (Lipinski definition) is 8. The second-order valence-electron chi connectivity index (χ2n) is 14.0. The normalized spacial score (nSPS) is 41.2. The monoisotopic (exact) mass is 797 g/mol. The van der Waals surface area contributed by atoms with Crippen molar-refractivity contribution in [2.24, 2.45) is 28.0 Å². The number of carbonyl (C=O) groups is 1. The molecule has 4 aliphatic carbocycles. The Morgan fingerprint density at radius 1 is 0.736 bits per heavy atom. The zero-order valence-corrected chi connectivity index (χ0v) is 32.1. The molecule has 53 heavy (non-hydrogen) atoms. The molecule has 0 spiro atoms. The van der Waals surface area contributed by atoms with Crippen LogP contribution in [0.2, 0.25) is 0 Å². The van der Waals surface area contributed by atoms with Crippen molar-refractivity contribution < 1.29 is 120 Å². The van der Waals surface area contributed by atoms with E-state index in [1.807, 2.05) is 0 Å². The molecule has 0 aromatic rings. The summed E-state index contributed by atoms with van der Waals surface area (Å²) in [6, 6.07) is -4.46. The van der Waals surface area contributed by atoms with Gasteiger partial charge in [0.25, 0.3) is 0 Å². The van der Waals surface area contributed by atoms with Crippen molar-refractivity contribution in [1.82, 2.24) is 26.6 Å². The molecule has 5 rings (SSSR count). The molecule has 0 radical (unpaired) electrons. The topological polar surface area (TPSA) is 334 Å². The minimum absolute atomic E-state index is 0. The molecule has 20 nitrogen and oxygen atoms in total. The molecule has 0 bridgehead atoms. The summed E-state index contributed by atoms with van der Waals surface area (Å²) in [5, 5.41) is 49.7. The molecule has 0 aromatic heterocycles. The van der Waals surface area contributed by atoms with Gasteiger partial charge >= 0.3 is 62.6 Å². The van der Waals surface area contributed by atoms with Gasteiger partial charge in [0.1, 0.15) is 24.8 Å². The van der Waals surface area contributed by atoms with E-state index in [2.05, 4.69) is 36.8 Å². The van der Waals surface area contributed by atoms with E-state index < -0.39 is 132 Å². The van der Waals surface area contributed by atoms with Crippen LogP contribution in [0.1, 0.15) is 64.2 Å². The smallest absolute Gasteiger partial charge is 0.748 e. The first kappa shape index (κ1) is 49.4. The fourth-order valence-corrected chi connectivity index (χ4v) is 11.3. The molecule has 5 fully saturated rings. The van der Waals surface area contributed by atoms with Gasteiger partial charge in [0.05, 0.1) is 64.2 Å². The zero-order valence-electron chi connectivity index (χ0n) is 29.7. The van der Waals surface area contributed by atoms with E-state index in [-0.39, 0.29) is 102 Å². The summed E-state index contributed by atoms with van der Waals surface area (Å²) < 4.78 is 123. The molecule has 15 unspecified atom stereocenters. The van der Waals surface area contributed by atoms with Gasteiger partial charge in [-0.3, -0.25) is 31.4 Å². The second-order valence-corrected chi connectivity index (χ2v) is 18.9. The fourth-order valence-electron chi connectivity index (χ4n) is 8.36. The van der Waals surface area contributed by atoms with E-state index in [1.54, 1.807) is 0 Å². The third-order valence-corrected chi connectivity index (χ3v) is 14.4. The molecular weight excluding hydrogens is 754 g/mol. The van der Waals surface area contributed by atoms with Gasteiger partial charge in [-0.2, -0.15) is 10.2 Å². The van der Waals surface area contributed by atoms with Crippen LogP contribution < -0.4 is 83.2 Å². The van der Waals surface area contributed by atoms with Crippen molar-refractivity contribution in [3.8, 4) is 0 Å². The minimum Gasteiger partial charge on any atom is -0.748 e. The number of carboxylic acids is 1. The third kappa shape index (κ3) is 12.6. The van der Waals surface area contributed by atoms with Crippen molar-refractivity contribution in [3.05, 3.63) is 0 Å². The number of azo groups is 1. The van der Waals surface area contributed by atoms with E-state index >= 15 is 0 Å². The molecule has 15 atom stereocenters. The maximum atomic E-state index is 14.2. The largest absolute Gasteiger partial charge is 1.00 e. The number of aliphatic carboxylic acids is 1. The number of nitrogens with zero attached hydrogens (tertiary/aromatic N) is 2. The molecule has 4 saturated carbocycles. The molecular formula is C26H43FLi3N7O13S3. The van der Waals surface area contributed by atoms with Crippen molar-refractivity contribution in [3.63, 3.8) is 0 Å². The molecule has 288 valence electrons. The van der Waals surface area contributed by atoms with Crippen LogP contribution in [-0.4, -0.2) is 131 Å². The first-order valence-corrected chi connectivity index (χ1v) is 20.9. The number of hydrogen-bond acceptors (Lipinski definition) is 19. The Balaban J connectivity index is 0.00000324. The van der Waals surface area contributed by atoms with Gasteiger partial charge in [-0.05, 0) is 57.3 Å². The Kier molecular flexibility index (Phi) is 18.4. The molecule has 8 N–H and O–H groups in total. The molecule has 5 aliphatic rings. The quantitative estimate of drug-likeness (QED) is 0.0578. The molecule has 1 aliphatic heterocycles. The van der Waals surface area contributed by atoms with Gasteiger partial charge in [-0.25, -0.2) is 29.6 Å². The van der Waals surface area contributed by atoms with Gasteiger partial charge in [-0.15, -0.1) is 0 Å². The van der Waals surface area contributed by atoms with E-state index in [9.17, 15) is 63.4 Å². The van der Waals surface area contributed by atoms with Crippen LogP contribution in [0.3, 0.4) is 0 Å². The Bertz CT molecular complexity index is 1610. The Hall–Kier alpha value is 0.242. The first-order chi connectivity index (χ1) is 23.2. The average molecular weight is 798 g/mol. The number of nitrogens with one attached hydrogen (secondary N) is 5. The average Bonchev–Trinajstić information content (AvgIpc) is 2.98. The maximum absolute atomic E-state index is 14.2. The Morgan fingerprint density at radius 3 is 1.94 bits per heavy atom. The van der Waals surface area contributed by atoms with Gasteiger partial charge in [-0.1, -0.05) is 6.42 Å². The summed E-state index contributed by atoms with van der Waals surface area (Å²) >= 11 is 0. The summed E-state index contributed by atoms with van der Waals surface area (Å²) in [6.45, 7) is 0. The Morgan fingerprint density at radius 2 is 1.36 bits per heavy atom. The number of rotatable bonds is 10. The van der Waals surface area contributed by atoms with Gasteiger partial charge in [0.15, 0.2) is 6.35 Å². The predicted octanol–water partition coefficient (Wildman–Crippen LogP) is -11.9. The van der Waals surface area contributed by atoms with Crippen molar-refractivity contribution in [1.29, 1.82) is 0 Å². The van der Waals surface area contributed by atoms with Crippen LogP contribution >= 0.6 is 0 Å². The van der Waals surface area contributed by atoms with Crippen LogP contribution in [0.5, 0.6) is 0 Å². The van der Waals surface area contributed by atoms with Crippen LogP contribution in [0.25, 0.3) is 0 Å². The van der Waals surface area contributed by atoms with E-state index in [1.165, 1.54) is 0 Å². The molecule has 1 heterocycles.